The van der Waals surface area contributed by atoms with Crippen LogP contribution in [-0.2, 0) is 41.6 Å². The number of nitrogens with one attached hydrogen (secondary N) is 4. The summed E-state index contributed by atoms with van der Waals surface area (Å²) < 4.78 is 0. The zero-order chi connectivity index (χ0) is 33.2. The van der Waals surface area contributed by atoms with Crippen LogP contribution in [0.3, 0.4) is 0 Å². The maximum atomic E-state index is 13.0. The minimum absolute atomic E-state index is 0.0930. The van der Waals surface area contributed by atoms with Crippen LogP contribution in [0.2, 0.25) is 0 Å². The third-order valence-corrected chi connectivity index (χ3v) is 5.90. The van der Waals surface area contributed by atoms with E-state index in [4.69, 9.17) is 21.4 Å². The molecule has 0 aliphatic carbocycles. The number of phenols is 1. The smallest absolute Gasteiger partial charge is 0.300 e. The van der Waals surface area contributed by atoms with E-state index in [0.717, 1.165) is 18.1 Å². The predicted molar refractivity (Wildman–Crippen MR) is 162 cm³/mol. The highest BCUT2D eigenvalue weighted by atomic mass is 16.4. The number of carboxylic acids is 1. The second-order valence-electron chi connectivity index (χ2n) is 10.4. The van der Waals surface area contributed by atoms with Gasteiger partial charge in [-0.05, 0) is 42.0 Å². The van der Waals surface area contributed by atoms with E-state index >= 15 is 0 Å². The molecular formula is C30H42N6O8. The van der Waals surface area contributed by atoms with Gasteiger partial charge in [0.05, 0.1) is 19.1 Å². The van der Waals surface area contributed by atoms with E-state index in [1.807, 2.05) is 19.9 Å². The number of benzene rings is 2. The summed E-state index contributed by atoms with van der Waals surface area (Å²) in [5.74, 6) is -3.73. The third-order valence-electron chi connectivity index (χ3n) is 5.90. The molecule has 10 N–H and O–H groups in total. The fraction of sp³-hybridized carbons (Fsp3) is 0.400. The van der Waals surface area contributed by atoms with Gasteiger partial charge in [-0.2, -0.15) is 0 Å². The van der Waals surface area contributed by atoms with Crippen LogP contribution in [-0.4, -0.2) is 76.9 Å². The Labute approximate surface area is 256 Å². The normalized spacial score (nSPS) is 12.4. The van der Waals surface area contributed by atoms with Gasteiger partial charge < -0.3 is 42.9 Å². The Balaban J connectivity index is 0.00000227. The van der Waals surface area contributed by atoms with Crippen molar-refractivity contribution in [3.8, 4) is 5.75 Å². The lowest BCUT2D eigenvalue weighted by Crippen LogP contribution is -2.55. The van der Waals surface area contributed by atoms with Crippen molar-refractivity contribution in [1.29, 1.82) is 0 Å². The van der Waals surface area contributed by atoms with E-state index in [1.54, 1.807) is 36.4 Å². The topological polar surface area (TPSA) is 243 Å². The van der Waals surface area contributed by atoms with E-state index in [-0.39, 0.29) is 24.5 Å². The summed E-state index contributed by atoms with van der Waals surface area (Å²) in [5.41, 5.74) is 12.8. The summed E-state index contributed by atoms with van der Waals surface area (Å²) in [6.07, 6.45) is 0.691. The van der Waals surface area contributed by atoms with Crippen molar-refractivity contribution in [3.05, 3.63) is 65.7 Å². The highest BCUT2D eigenvalue weighted by Gasteiger charge is 2.26. The van der Waals surface area contributed by atoms with E-state index in [0.29, 0.717) is 6.42 Å². The average molecular weight is 615 g/mol. The zero-order valence-electron chi connectivity index (χ0n) is 25.0. The lowest BCUT2D eigenvalue weighted by molar-refractivity contribution is -0.134. The number of primary amides is 1. The molecule has 3 unspecified atom stereocenters. The lowest BCUT2D eigenvalue weighted by atomic mass is 10.0. The van der Waals surface area contributed by atoms with Gasteiger partial charge in [-0.25, -0.2) is 0 Å². The van der Waals surface area contributed by atoms with Crippen molar-refractivity contribution in [2.75, 3.05) is 13.1 Å². The van der Waals surface area contributed by atoms with Gasteiger partial charge in [0, 0.05) is 13.3 Å². The molecule has 240 valence electrons. The standard InChI is InChI=1S/C28H38N6O6.C2H4O2/c1-17(2)12-22(26(30)38)34-28(40)23(14-18-6-4-3-5-7-18)33-25(37)16-31-24(36)15-32-27(39)21(29)13-19-8-10-20(35)11-9-19;1-2(3)4/h3-11,17,21-23,35H,12-16,29H2,1-2H3,(H2,30,38)(H,31,36)(H,32,39)(H,33,37)(H,34,40);1H3,(H,3,4). The van der Waals surface area contributed by atoms with Gasteiger partial charge in [0.25, 0.3) is 5.97 Å². The maximum Gasteiger partial charge on any atom is 0.300 e. The van der Waals surface area contributed by atoms with Gasteiger partial charge in [0.2, 0.25) is 29.5 Å². The lowest BCUT2D eigenvalue weighted by Gasteiger charge is -2.23. The number of carboxylic acid groups (broad SMARTS) is 1. The summed E-state index contributed by atoms with van der Waals surface area (Å²) in [6.45, 7) is 4.01. The van der Waals surface area contributed by atoms with E-state index in [2.05, 4.69) is 21.3 Å². The summed E-state index contributed by atoms with van der Waals surface area (Å²) in [4.78, 5) is 70.9. The Morgan fingerprint density at radius 3 is 1.84 bits per heavy atom. The van der Waals surface area contributed by atoms with Crippen LogP contribution in [0, 0.1) is 5.92 Å². The predicted octanol–water partition coefficient (Wildman–Crippen LogP) is -0.671. The fourth-order valence-corrected chi connectivity index (χ4v) is 3.81. The SMILES string of the molecule is CC(=O)O.CC(C)CC(NC(=O)C(Cc1ccccc1)NC(=O)CNC(=O)CNC(=O)C(N)Cc1ccc(O)cc1)C(N)=O. The molecule has 0 fully saturated rings. The van der Waals surface area contributed by atoms with Gasteiger partial charge in [-0.1, -0.05) is 56.3 Å². The highest BCUT2D eigenvalue weighted by molar-refractivity contribution is 5.93. The molecule has 2 aromatic carbocycles. The summed E-state index contributed by atoms with van der Waals surface area (Å²) in [6, 6.07) is 12.4. The number of carbonyl (C=O) groups excluding carboxylic acids is 5. The van der Waals surface area contributed by atoms with Crippen LogP contribution in [0.25, 0.3) is 0 Å². The summed E-state index contributed by atoms with van der Waals surface area (Å²) in [7, 11) is 0. The Hall–Kier alpha value is -4.98. The number of amides is 5. The molecule has 14 nitrogen and oxygen atoms in total. The first-order chi connectivity index (χ1) is 20.7. The minimum Gasteiger partial charge on any atom is -0.508 e. The molecule has 0 saturated carbocycles. The molecule has 0 aliphatic heterocycles. The van der Waals surface area contributed by atoms with E-state index in [1.165, 1.54) is 12.1 Å². The second kappa shape index (κ2) is 19.3. The number of hydrogen-bond donors (Lipinski definition) is 8. The Morgan fingerprint density at radius 2 is 1.30 bits per heavy atom. The van der Waals surface area contributed by atoms with Crippen molar-refractivity contribution >= 4 is 35.5 Å². The number of aliphatic carboxylic acids is 1. The molecule has 44 heavy (non-hydrogen) atoms. The molecule has 0 saturated heterocycles. The molecule has 0 bridgehead atoms. The van der Waals surface area contributed by atoms with E-state index in [9.17, 15) is 29.1 Å². The second-order valence-corrected chi connectivity index (χ2v) is 10.4. The quantitative estimate of drug-likeness (QED) is 0.127. The minimum atomic E-state index is -1.03. The van der Waals surface area contributed by atoms with Crippen LogP contribution >= 0.6 is 0 Å². The Morgan fingerprint density at radius 1 is 0.750 bits per heavy atom. The van der Waals surface area contributed by atoms with Crippen LogP contribution in [0.15, 0.2) is 54.6 Å². The van der Waals surface area contributed by atoms with Crippen LogP contribution in [0.1, 0.15) is 38.3 Å². The molecule has 0 radical (unpaired) electrons. The van der Waals surface area contributed by atoms with Crippen LogP contribution < -0.4 is 32.7 Å². The summed E-state index contributed by atoms with van der Waals surface area (Å²) >= 11 is 0. The molecule has 3 atom stereocenters. The summed E-state index contributed by atoms with van der Waals surface area (Å²) in [5, 5.41) is 26.8. The van der Waals surface area contributed by atoms with Gasteiger partial charge in [0.1, 0.15) is 17.8 Å². The van der Waals surface area contributed by atoms with E-state index < -0.39 is 66.7 Å². The molecule has 2 aromatic rings. The van der Waals surface area contributed by atoms with Gasteiger partial charge in [-0.15, -0.1) is 0 Å². The number of nitrogens with two attached hydrogens (primary N) is 2. The Kier molecular flexibility index (Phi) is 16.2. The van der Waals surface area contributed by atoms with Gasteiger partial charge in [0.15, 0.2) is 0 Å². The molecule has 0 aliphatic rings. The average Bonchev–Trinajstić information content (AvgIpc) is 2.95. The third kappa shape index (κ3) is 15.9. The Bertz CT molecular complexity index is 1250. The van der Waals surface area contributed by atoms with Crippen molar-refractivity contribution in [3.63, 3.8) is 0 Å². The molecule has 0 heterocycles. The number of rotatable bonds is 15. The van der Waals surface area contributed by atoms with Crippen molar-refractivity contribution < 1.29 is 39.0 Å². The van der Waals surface area contributed by atoms with Gasteiger partial charge >= 0.3 is 0 Å². The number of aromatic hydroxyl groups is 1. The molecule has 2 rings (SSSR count). The largest absolute Gasteiger partial charge is 0.508 e. The monoisotopic (exact) mass is 614 g/mol. The van der Waals surface area contributed by atoms with Crippen LogP contribution in [0.5, 0.6) is 5.75 Å². The first-order valence-corrected chi connectivity index (χ1v) is 13.9. The molecule has 14 heteroatoms. The zero-order valence-corrected chi connectivity index (χ0v) is 25.0. The molecule has 0 spiro atoms. The first-order valence-electron chi connectivity index (χ1n) is 13.9. The van der Waals surface area contributed by atoms with Crippen molar-refractivity contribution in [2.24, 2.45) is 17.4 Å². The van der Waals surface area contributed by atoms with Crippen molar-refractivity contribution in [1.82, 2.24) is 21.3 Å². The number of carbonyl (C=O) groups is 6. The highest BCUT2D eigenvalue weighted by Crippen LogP contribution is 2.11. The maximum absolute atomic E-state index is 13.0. The number of hydrogen-bond acceptors (Lipinski definition) is 8. The first kappa shape index (κ1) is 37.0. The van der Waals surface area contributed by atoms with Gasteiger partial charge in [-0.3, -0.25) is 28.8 Å². The van der Waals surface area contributed by atoms with Crippen LogP contribution in [0.4, 0.5) is 0 Å². The number of phenolic OH excluding ortho intramolecular Hbond substituents is 1. The molecular weight excluding hydrogens is 572 g/mol. The molecule has 0 aromatic heterocycles. The van der Waals surface area contributed by atoms with Crippen molar-refractivity contribution in [2.45, 2.75) is 58.2 Å². The molecule has 5 amide bonds. The fourth-order valence-electron chi connectivity index (χ4n) is 3.81.